The van der Waals surface area contributed by atoms with E-state index in [1.807, 2.05) is 0 Å². The van der Waals surface area contributed by atoms with Crippen molar-refractivity contribution in [2.45, 2.75) is 13.0 Å². The first-order valence-electron chi connectivity index (χ1n) is 10.5. The molecule has 1 aromatic heterocycles. The van der Waals surface area contributed by atoms with Crippen molar-refractivity contribution >= 4 is 23.3 Å². The summed E-state index contributed by atoms with van der Waals surface area (Å²) in [5.41, 5.74) is 0.627. The molecule has 10 nitrogen and oxygen atoms in total. The van der Waals surface area contributed by atoms with E-state index in [1.165, 1.54) is 45.5 Å². The van der Waals surface area contributed by atoms with Gasteiger partial charge in [0.15, 0.2) is 28.8 Å². The van der Waals surface area contributed by atoms with Gasteiger partial charge in [0.05, 0.1) is 40.1 Å². The average Bonchev–Trinajstić information content (AvgIpc) is 3.42. The van der Waals surface area contributed by atoms with Crippen molar-refractivity contribution in [3.63, 3.8) is 0 Å². The number of carbonyl (C=O) groups excluding carboxylic acids is 2. The van der Waals surface area contributed by atoms with E-state index in [0.29, 0.717) is 34.3 Å². The minimum Gasteiger partial charge on any atom is -0.507 e. The Bertz CT molecular complexity index is 1330. The lowest BCUT2D eigenvalue weighted by Crippen LogP contribution is -2.29. The van der Waals surface area contributed by atoms with Gasteiger partial charge in [0, 0.05) is 11.6 Å². The minimum absolute atomic E-state index is 0.130. The van der Waals surface area contributed by atoms with Crippen molar-refractivity contribution in [1.29, 1.82) is 0 Å². The third kappa shape index (κ3) is 4.03. The fourth-order valence-corrected chi connectivity index (χ4v) is 4.01. The number of anilines is 1. The normalized spacial score (nSPS) is 16.9. The number of hydrogen-bond acceptors (Lipinski definition) is 9. The number of methoxy groups -OCH3 is 4. The molecule has 1 fully saturated rings. The molecule has 0 saturated carbocycles. The molecule has 10 heteroatoms. The number of aryl methyl sites for hydroxylation is 1. The Labute approximate surface area is 201 Å². The van der Waals surface area contributed by atoms with Gasteiger partial charge >= 0.3 is 5.91 Å². The molecule has 1 N–H and O–H groups in total. The lowest BCUT2D eigenvalue weighted by molar-refractivity contribution is -0.132. The number of ketones is 1. The van der Waals surface area contributed by atoms with Crippen molar-refractivity contribution in [2.24, 2.45) is 0 Å². The molecule has 1 atom stereocenters. The fourth-order valence-electron chi connectivity index (χ4n) is 4.01. The second kappa shape index (κ2) is 9.41. The lowest BCUT2D eigenvalue weighted by Gasteiger charge is -2.23. The van der Waals surface area contributed by atoms with E-state index >= 15 is 0 Å². The van der Waals surface area contributed by atoms with Crippen LogP contribution in [-0.4, -0.2) is 50.4 Å². The Morgan fingerprint density at radius 2 is 1.49 bits per heavy atom. The van der Waals surface area contributed by atoms with Gasteiger partial charge in [-0.05, 0) is 42.8 Å². The van der Waals surface area contributed by atoms with E-state index in [0.717, 1.165) is 0 Å². The highest BCUT2D eigenvalue weighted by molar-refractivity contribution is 6.51. The zero-order chi connectivity index (χ0) is 25.3. The van der Waals surface area contributed by atoms with Crippen LogP contribution in [0.3, 0.4) is 0 Å². The molecule has 4 rings (SSSR count). The summed E-state index contributed by atoms with van der Waals surface area (Å²) in [5, 5.41) is 15.2. The van der Waals surface area contributed by atoms with Crippen molar-refractivity contribution in [1.82, 2.24) is 5.16 Å². The summed E-state index contributed by atoms with van der Waals surface area (Å²) in [6.45, 7) is 1.67. The molecule has 1 aliphatic rings. The summed E-state index contributed by atoms with van der Waals surface area (Å²) in [4.78, 5) is 27.7. The average molecular weight is 480 g/mol. The second-order valence-electron chi connectivity index (χ2n) is 7.65. The van der Waals surface area contributed by atoms with E-state index in [9.17, 15) is 14.7 Å². The quantitative estimate of drug-likeness (QED) is 0.307. The summed E-state index contributed by atoms with van der Waals surface area (Å²) >= 11 is 0. The Hall–Kier alpha value is -4.47. The van der Waals surface area contributed by atoms with Crippen LogP contribution in [-0.2, 0) is 9.59 Å². The van der Waals surface area contributed by atoms with Crippen LogP contribution < -0.4 is 23.8 Å². The first kappa shape index (κ1) is 23.7. The number of ether oxygens (including phenoxy) is 4. The molecular weight excluding hydrogens is 456 g/mol. The smallest absolute Gasteiger partial charge is 0.301 e. The molecular formula is C25H24N2O8. The topological polar surface area (TPSA) is 121 Å². The third-order valence-electron chi connectivity index (χ3n) is 5.69. The lowest BCUT2D eigenvalue weighted by atomic mass is 9.95. The summed E-state index contributed by atoms with van der Waals surface area (Å²) in [7, 11) is 5.92. The van der Waals surface area contributed by atoms with Crippen LogP contribution >= 0.6 is 0 Å². The van der Waals surface area contributed by atoms with Gasteiger partial charge in [-0.15, -0.1) is 0 Å². The second-order valence-corrected chi connectivity index (χ2v) is 7.65. The van der Waals surface area contributed by atoms with Crippen LogP contribution in [0.4, 0.5) is 5.82 Å². The van der Waals surface area contributed by atoms with E-state index in [2.05, 4.69) is 5.16 Å². The number of amides is 1. The third-order valence-corrected chi connectivity index (χ3v) is 5.69. The number of aliphatic hydroxyl groups excluding tert-OH is 1. The summed E-state index contributed by atoms with van der Waals surface area (Å²) < 4.78 is 26.5. The molecule has 1 amide bonds. The highest BCUT2D eigenvalue weighted by atomic mass is 16.5. The van der Waals surface area contributed by atoms with Crippen LogP contribution in [0.1, 0.15) is 22.9 Å². The Morgan fingerprint density at radius 1 is 0.886 bits per heavy atom. The zero-order valence-corrected chi connectivity index (χ0v) is 19.8. The van der Waals surface area contributed by atoms with E-state index < -0.39 is 17.7 Å². The zero-order valence-electron chi connectivity index (χ0n) is 19.8. The standard InChI is InChI=1S/C25H24N2O8/c1-13-10-20(26-35-13)27-22(14-6-8-16(31-2)18(11-14)33-4)21(24(29)25(27)30)23(28)15-7-9-17(32-3)19(12-15)34-5/h6-12,22,28H,1-5H3/b23-21+/t22-/m1/s1. The van der Waals surface area contributed by atoms with Gasteiger partial charge in [-0.3, -0.25) is 14.5 Å². The molecule has 2 heterocycles. The molecule has 182 valence electrons. The van der Waals surface area contributed by atoms with Crippen molar-refractivity contribution < 1.29 is 38.2 Å². The highest BCUT2D eigenvalue weighted by Crippen LogP contribution is 2.44. The number of Topliss-reactive ketones (excluding diaryl/α,β-unsaturated/α-hetero) is 1. The monoisotopic (exact) mass is 480 g/mol. The summed E-state index contributed by atoms with van der Waals surface area (Å²) in [6.07, 6.45) is 0. The van der Waals surface area contributed by atoms with Crippen LogP contribution in [0.25, 0.3) is 5.76 Å². The van der Waals surface area contributed by atoms with Gasteiger partial charge in [-0.25, -0.2) is 0 Å². The van der Waals surface area contributed by atoms with Crippen LogP contribution in [0.15, 0.2) is 52.6 Å². The molecule has 0 aliphatic carbocycles. The maximum Gasteiger partial charge on any atom is 0.301 e. The SMILES string of the molecule is COc1ccc(/C(O)=C2\C(=O)C(=O)N(c3cc(C)on3)[C@@H]2c2ccc(OC)c(OC)c2)cc1OC. The Kier molecular flexibility index (Phi) is 6.37. The van der Waals surface area contributed by atoms with Crippen LogP contribution in [0, 0.1) is 6.92 Å². The highest BCUT2D eigenvalue weighted by Gasteiger charge is 2.48. The van der Waals surface area contributed by atoms with Gasteiger partial charge < -0.3 is 28.6 Å². The van der Waals surface area contributed by atoms with E-state index in [-0.39, 0.29) is 22.7 Å². The number of aliphatic hydroxyl groups is 1. The fraction of sp³-hybridized carbons (Fsp3) is 0.240. The summed E-state index contributed by atoms with van der Waals surface area (Å²) in [5.74, 6) is 0.108. The Morgan fingerprint density at radius 3 is 2.06 bits per heavy atom. The van der Waals surface area contributed by atoms with Gasteiger partial charge in [0.1, 0.15) is 11.5 Å². The molecule has 2 aromatic carbocycles. The summed E-state index contributed by atoms with van der Waals surface area (Å²) in [6, 6.07) is 10.2. The Balaban J connectivity index is 1.96. The van der Waals surface area contributed by atoms with Gasteiger partial charge in [0.2, 0.25) is 0 Å². The maximum atomic E-state index is 13.3. The van der Waals surface area contributed by atoms with E-state index in [1.54, 1.807) is 37.3 Å². The predicted molar refractivity (Wildman–Crippen MR) is 125 cm³/mol. The van der Waals surface area contributed by atoms with Crippen LogP contribution in [0.5, 0.6) is 23.0 Å². The number of nitrogens with zero attached hydrogens (tertiary/aromatic N) is 2. The van der Waals surface area contributed by atoms with Gasteiger partial charge in [0.25, 0.3) is 5.78 Å². The van der Waals surface area contributed by atoms with Crippen molar-refractivity contribution in [3.05, 3.63) is 64.9 Å². The molecule has 0 bridgehead atoms. The molecule has 0 unspecified atom stereocenters. The predicted octanol–water partition coefficient (Wildman–Crippen LogP) is 3.64. The molecule has 3 aromatic rings. The number of hydrogen-bond donors (Lipinski definition) is 1. The number of carbonyl (C=O) groups is 2. The first-order chi connectivity index (χ1) is 16.8. The maximum absolute atomic E-state index is 13.3. The van der Waals surface area contributed by atoms with Crippen molar-refractivity contribution in [2.75, 3.05) is 33.3 Å². The van der Waals surface area contributed by atoms with Crippen LogP contribution in [0.2, 0.25) is 0 Å². The molecule has 0 radical (unpaired) electrons. The molecule has 35 heavy (non-hydrogen) atoms. The van der Waals surface area contributed by atoms with E-state index in [4.69, 9.17) is 23.5 Å². The molecule has 1 aliphatic heterocycles. The number of aromatic nitrogens is 1. The molecule has 1 saturated heterocycles. The first-order valence-corrected chi connectivity index (χ1v) is 10.5. The van der Waals surface area contributed by atoms with Gasteiger partial charge in [-0.1, -0.05) is 11.2 Å². The number of benzene rings is 2. The minimum atomic E-state index is -1.02. The van der Waals surface area contributed by atoms with Crippen molar-refractivity contribution in [3.8, 4) is 23.0 Å². The largest absolute Gasteiger partial charge is 0.507 e. The number of rotatable bonds is 7. The molecule has 0 spiro atoms. The van der Waals surface area contributed by atoms with Gasteiger partial charge in [-0.2, -0.15) is 0 Å².